The van der Waals surface area contributed by atoms with E-state index >= 15 is 0 Å². The SMILES string of the molecule is C1=Nc2ccccc2[C@@]12COc1cc3c(cc12)OCCO3. The molecule has 0 N–H and O–H groups in total. The van der Waals surface area contributed by atoms with E-state index in [0.29, 0.717) is 19.8 Å². The largest absolute Gasteiger partial charge is 0.491 e. The Hall–Kier alpha value is -2.49. The molecule has 1 atom stereocenters. The molecule has 0 aromatic heterocycles. The summed E-state index contributed by atoms with van der Waals surface area (Å²) in [6.45, 7) is 1.75. The van der Waals surface area contributed by atoms with E-state index in [0.717, 1.165) is 28.5 Å². The zero-order valence-corrected chi connectivity index (χ0v) is 11.3. The molecule has 21 heavy (non-hydrogen) atoms. The number of fused-ring (bicyclic) bond motifs is 5. The monoisotopic (exact) mass is 279 g/mol. The molecule has 4 heteroatoms. The third kappa shape index (κ3) is 1.37. The number of rotatable bonds is 0. The smallest absolute Gasteiger partial charge is 0.165 e. The van der Waals surface area contributed by atoms with Gasteiger partial charge in [-0.15, -0.1) is 0 Å². The van der Waals surface area contributed by atoms with Crippen molar-refractivity contribution in [2.75, 3.05) is 19.8 Å². The van der Waals surface area contributed by atoms with Gasteiger partial charge in [0.1, 0.15) is 25.6 Å². The number of hydrogen-bond acceptors (Lipinski definition) is 4. The highest BCUT2D eigenvalue weighted by Gasteiger charge is 2.46. The van der Waals surface area contributed by atoms with Crippen molar-refractivity contribution >= 4 is 11.9 Å². The molecule has 0 saturated heterocycles. The molecule has 0 saturated carbocycles. The molecule has 0 fully saturated rings. The third-order valence-corrected chi connectivity index (χ3v) is 4.39. The minimum absolute atomic E-state index is 0.290. The highest BCUT2D eigenvalue weighted by Crippen LogP contribution is 2.51. The second kappa shape index (κ2) is 3.79. The average Bonchev–Trinajstić information content (AvgIpc) is 3.09. The van der Waals surface area contributed by atoms with Gasteiger partial charge in [-0.3, -0.25) is 4.99 Å². The minimum Gasteiger partial charge on any atom is -0.491 e. The summed E-state index contributed by atoms with van der Waals surface area (Å²) in [4.78, 5) is 4.57. The lowest BCUT2D eigenvalue weighted by Crippen LogP contribution is -2.29. The number of nitrogens with zero attached hydrogens (tertiary/aromatic N) is 1. The Morgan fingerprint density at radius 1 is 0.857 bits per heavy atom. The van der Waals surface area contributed by atoms with Crippen molar-refractivity contribution in [3.05, 3.63) is 47.5 Å². The maximum atomic E-state index is 5.93. The van der Waals surface area contributed by atoms with E-state index in [1.165, 1.54) is 5.56 Å². The van der Waals surface area contributed by atoms with Crippen molar-refractivity contribution in [3.63, 3.8) is 0 Å². The van der Waals surface area contributed by atoms with Crippen LogP contribution in [0, 0.1) is 0 Å². The van der Waals surface area contributed by atoms with Crippen molar-refractivity contribution in [1.82, 2.24) is 0 Å². The Labute approximate surface area is 122 Å². The van der Waals surface area contributed by atoms with E-state index in [2.05, 4.69) is 11.1 Å². The third-order valence-electron chi connectivity index (χ3n) is 4.39. The lowest BCUT2D eigenvalue weighted by atomic mass is 9.78. The second-order valence-corrected chi connectivity index (χ2v) is 5.53. The van der Waals surface area contributed by atoms with Crippen molar-refractivity contribution in [2.45, 2.75) is 5.41 Å². The molecule has 0 bridgehead atoms. The number of hydrogen-bond donors (Lipinski definition) is 0. The lowest BCUT2D eigenvalue weighted by Gasteiger charge is -2.23. The summed E-state index contributed by atoms with van der Waals surface area (Å²) in [6.07, 6.45) is 2.00. The molecule has 1 spiro atoms. The summed E-state index contributed by atoms with van der Waals surface area (Å²) in [6, 6.07) is 12.2. The van der Waals surface area contributed by atoms with Gasteiger partial charge in [-0.25, -0.2) is 0 Å². The Morgan fingerprint density at radius 3 is 2.57 bits per heavy atom. The Kier molecular flexibility index (Phi) is 2.02. The first-order chi connectivity index (χ1) is 10.4. The molecule has 3 heterocycles. The Morgan fingerprint density at radius 2 is 1.67 bits per heavy atom. The van der Waals surface area contributed by atoms with Gasteiger partial charge in [0.15, 0.2) is 11.5 Å². The van der Waals surface area contributed by atoms with Gasteiger partial charge < -0.3 is 14.2 Å². The van der Waals surface area contributed by atoms with Crippen LogP contribution in [0.3, 0.4) is 0 Å². The molecule has 2 aromatic carbocycles. The van der Waals surface area contributed by atoms with Gasteiger partial charge in [0, 0.05) is 17.8 Å². The van der Waals surface area contributed by atoms with Gasteiger partial charge >= 0.3 is 0 Å². The summed E-state index contributed by atoms with van der Waals surface area (Å²) in [5, 5.41) is 0. The fourth-order valence-electron chi connectivity index (χ4n) is 3.35. The Balaban J connectivity index is 1.73. The van der Waals surface area contributed by atoms with Gasteiger partial charge in [-0.05, 0) is 17.7 Å². The summed E-state index contributed by atoms with van der Waals surface area (Å²) >= 11 is 0. The fourth-order valence-corrected chi connectivity index (χ4v) is 3.35. The molecule has 5 rings (SSSR count). The van der Waals surface area contributed by atoms with Crippen LogP contribution in [-0.2, 0) is 5.41 Å². The van der Waals surface area contributed by atoms with E-state index in [4.69, 9.17) is 14.2 Å². The molecule has 2 aromatic rings. The van der Waals surface area contributed by atoms with Crippen LogP contribution in [0.25, 0.3) is 0 Å². The maximum Gasteiger partial charge on any atom is 0.165 e. The summed E-state index contributed by atoms with van der Waals surface area (Å²) in [5.41, 5.74) is 3.03. The number of para-hydroxylation sites is 1. The van der Waals surface area contributed by atoms with Gasteiger partial charge in [0.25, 0.3) is 0 Å². The first-order valence-electron chi connectivity index (χ1n) is 7.08. The molecule has 0 aliphatic carbocycles. The maximum absolute atomic E-state index is 5.93. The molecular formula is C17H13NO3. The van der Waals surface area contributed by atoms with Crippen LogP contribution in [0.5, 0.6) is 17.2 Å². The normalized spacial score (nSPS) is 23.8. The number of ether oxygens (including phenoxy) is 3. The topological polar surface area (TPSA) is 40.0 Å². The predicted molar refractivity (Wildman–Crippen MR) is 78.3 cm³/mol. The Bertz CT molecular complexity index is 784. The van der Waals surface area contributed by atoms with Gasteiger partial charge in [-0.1, -0.05) is 18.2 Å². The van der Waals surface area contributed by atoms with Crippen LogP contribution in [0.4, 0.5) is 5.69 Å². The highest BCUT2D eigenvalue weighted by molar-refractivity contribution is 5.91. The van der Waals surface area contributed by atoms with Crippen molar-refractivity contribution < 1.29 is 14.2 Å². The summed E-state index contributed by atoms with van der Waals surface area (Å²) in [7, 11) is 0. The first-order valence-corrected chi connectivity index (χ1v) is 7.08. The van der Waals surface area contributed by atoms with Crippen LogP contribution in [0.1, 0.15) is 11.1 Å². The van der Waals surface area contributed by atoms with Gasteiger partial charge in [0.2, 0.25) is 0 Å². The minimum atomic E-state index is -0.290. The van der Waals surface area contributed by atoms with E-state index in [-0.39, 0.29) is 5.41 Å². The highest BCUT2D eigenvalue weighted by atomic mass is 16.6. The summed E-state index contributed by atoms with van der Waals surface area (Å²) in [5.74, 6) is 2.42. The van der Waals surface area contributed by atoms with Crippen molar-refractivity contribution in [2.24, 2.45) is 4.99 Å². The fraction of sp³-hybridized carbons (Fsp3) is 0.235. The average molecular weight is 279 g/mol. The number of aliphatic imine (C=N–C) groups is 1. The van der Waals surface area contributed by atoms with E-state index < -0.39 is 0 Å². The van der Waals surface area contributed by atoms with Crippen molar-refractivity contribution in [3.8, 4) is 17.2 Å². The van der Waals surface area contributed by atoms with Crippen LogP contribution < -0.4 is 14.2 Å². The molecule has 104 valence electrons. The lowest BCUT2D eigenvalue weighted by molar-refractivity contribution is 0.171. The zero-order chi connectivity index (χ0) is 13.9. The molecule has 0 unspecified atom stereocenters. The standard InChI is InChI=1S/C17H13NO3/c1-2-4-13-11(3-1)17(9-18-13)10-21-14-8-16-15(7-12(14)17)19-5-6-20-16/h1-4,7-9H,5-6,10H2/t17-/m0/s1. The van der Waals surface area contributed by atoms with Crippen LogP contribution >= 0.6 is 0 Å². The second-order valence-electron chi connectivity index (χ2n) is 5.53. The zero-order valence-electron chi connectivity index (χ0n) is 11.3. The quantitative estimate of drug-likeness (QED) is 0.744. The molecule has 3 aliphatic rings. The molecule has 0 radical (unpaired) electrons. The van der Waals surface area contributed by atoms with E-state index in [1.807, 2.05) is 36.5 Å². The van der Waals surface area contributed by atoms with Crippen LogP contribution in [0.15, 0.2) is 41.4 Å². The number of benzene rings is 2. The predicted octanol–water partition coefficient (Wildman–Crippen LogP) is 2.85. The summed E-state index contributed by atoms with van der Waals surface area (Å²) < 4.78 is 17.3. The molecule has 3 aliphatic heterocycles. The van der Waals surface area contributed by atoms with Crippen LogP contribution in [0.2, 0.25) is 0 Å². The van der Waals surface area contributed by atoms with Crippen molar-refractivity contribution in [1.29, 1.82) is 0 Å². The van der Waals surface area contributed by atoms with Gasteiger partial charge in [-0.2, -0.15) is 0 Å². The van der Waals surface area contributed by atoms with E-state index in [9.17, 15) is 0 Å². The van der Waals surface area contributed by atoms with E-state index in [1.54, 1.807) is 0 Å². The molecule has 4 nitrogen and oxygen atoms in total. The molecular weight excluding hydrogens is 266 g/mol. The molecule has 0 amide bonds. The first kappa shape index (κ1) is 11.2. The van der Waals surface area contributed by atoms with Crippen LogP contribution in [-0.4, -0.2) is 26.0 Å². The van der Waals surface area contributed by atoms with Gasteiger partial charge in [0.05, 0.1) is 11.1 Å².